The van der Waals surface area contributed by atoms with Crippen LogP contribution in [0.5, 0.6) is 0 Å². The molecule has 2 aliphatic heterocycles. The zero-order valence-electron chi connectivity index (χ0n) is 16.5. The molecule has 3 heterocycles. The predicted molar refractivity (Wildman–Crippen MR) is 110 cm³/mol. The molecule has 1 amide bonds. The quantitative estimate of drug-likeness (QED) is 0.863. The molecule has 2 saturated heterocycles. The maximum Gasteiger partial charge on any atom is 0.251 e. The molecule has 2 aromatic rings. The Hall–Kier alpha value is -2.47. The second kappa shape index (κ2) is 8.69. The highest BCUT2D eigenvalue weighted by Crippen LogP contribution is 2.23. The summed E-state index contributed by atoms with van der Waals surface area (Å²) in [5.74, 6) is 0.782. The number of hydrogen-bond acceptors (Lipinski definition) is 5. The lowest BCUT2D eigenvalue weighted by Gasteiger charge is -2.27. The van der Waals surface area contributed by atoms with Crippen LogP contribution in [0.2, 0.25) is 0 Å². The summed E-state index contributed by atoms with van der Waals surface area (Å²) in [4.78, 5) is 24.3. The third-order valence-corrected chi connectivity index (χ3v) is 5.48. The van der Waals surface area contributed by atoms with E-state index >= 15 is 0 Å². The zero-order valence-corrected chi connectivity index (χ0v) is 16.5. The number of hydrogen-bond donors (Lipinski definition) is 1. The number of ether oxygens (including phenoxy) is 1. The van der Waals surface area contributed by atoms with E-state index in [-0.39, 0.29) is 11.9 Å². The van der Waals surface area contributed by atoms with Gasteiger partial charge in [0.2, 0.25) is 5.95 Å². The largest absolute Gasteiger partial charge is 0.379 e. The van der Waals surface area contributed by atoms with E-state index < -0.39 is 0 Å². The van der Waals surface area contributed by atoms with Crippen LogP contribution in [0, 0.1) is 0 Å². The van der Waals surface area contributed by atoms with Crippen LogP contribution in [0.25, 0.3) is 11.3 Å². The van der Waals surface area contributed by atoms with Gasteiger partial charge in [-0.2, -0.15) is 0 Å². The number of aromatic nitrogens is 2. The molecule has 4 rings (SSSR count). The number of rotatable bonds is 5. The molecular formula is C22H28N4O2. The fraction of sp³-hybridized carbons (Fsp3) is 0.500. The minimum atomic E-state index is -0.0482. The third-order valence-electron chi connectivity index (χ3n) is 5.48. The molecule has 6 heteroatoms. The van der Waals surface area contributed by atoms with Crippen LogP contribution in [0.3, 0.4) is 0 Å². The fourth-order valence-corrected chi connectivity index (χ4v) is 3.76. The van der Waals surface area contributed by atoms with E-state index in [2.05, 4.69) is 23.2 Å². The Morgan fingerprint density at radius 2 is 1.96 bits per heavy atom. The van der Waals surface area contributed by atoms with Crippen molar-refractivity contribution in [1.82, 2.24) is 15.3 Å². The van der Waals surface area contributed by atoms with Gasteiger partial charge in [0.25, 0.3) is 5.91 Å². The minimum Gasteiger partial charge on any atom is -0.379 e. The Labute approximate surface area is 166 Å². The summed E-state index contributed by atoms with van der Waals surface area (Å²) in [5, 5.41) is 3.03. The van der Waals surface area contributed by atoms with E-state index in [4.69, 9.17) is 14.7 Å². The number of nitrogens with one attached hydrogen (secondary N) is 1. The molecule has 1 N–H and O–H groups in total. The number of benzene rings is 1. The van der Waals surface area contributed by atoms with Gasteiger partial charge in [-0.1, -0.05) is 19.1 Å². The Balaban J connectivity index is 1.53. The number of carbonyl (C=O) groups is 1. The topological polar surface area (TPSA) is 67.3 Å². The van der Waals surface area contributed by atoms with Crippen LogP contribution in [-0.4, -0.2) is 48.2 Å². The maximum absolute atomic E-state index is 12.4. The predicted octanol–water partition coefficient (Wildman–Crippen LogP) is 3.22. The Morgan fingerprint density at radius 3 is 2.64 bits per heavy atom. The van der Waals surface area contributed by atoms with Gasteiger partial charge in [-0.05, 0) is 50.3 Å². The van der Waals surface area contributed by atoms with Gasteiger partial charge in [0.05, 0.1) is 18.3 Å². The van der Waals surface area contributed by atoms with Gasteiger partial charge in [0, 0.05) is 36.5 Å². The van der Waals surface area contributed by atoms with Gasteiger partial charge in [0.15, 0.2) is 0 Å². The summed E-state index contributed by atoms with van der Waals surface area (Å²) in [6, 6.07) is 9.86. The first-order chi connectivity index (χ1) is 13.7. The lowest BCUT2D eigenvalue weighted by molar-refractivity contribution is 0.0930. The average Bonchev–Trinajstić information content (AvgIpc) is 3.27. The highest BCUT2D eigenvalue weighted by Gasteiger charge is 2.19. The summed E-state index contributed by atoms with van der Waals surface area (Å²) in [6.07, 6.45) is 5.44. The molecule has 28 heavy (non-hydrogen) atoms. The molecule has 0 spiro atoms. The summed E-state index contributed by atoms with van der Waals surface area (Å²) in [7, 11) is 0. The van der Waals surface area contributed by atoms with Crippen LogP contribution >= 0.6 is 0 Å². The van der Waals surface area contributed by atoms with Crippen molar-refractivity contribution in [1.29, 1.82) is 0 Å². The highest BCUT2D eigenvalue weighted by molar-refractivity contribution is 5.94. The number of anilines is 1. The minimum absolute atomic E-state index is 0.0482. The first-order valence-corrected chi connectivity index (χ1v) is 10.3. The van der Waals surface area contributed by atoms with E-state index in [0.717, 1.165) is 55.4 Å². The van der Waals surface area contributed by atoms with Gasteiger partial charge in [-0.3, -0.25) is 4.79 Å². The molecule has 148 valence electrons. The Kier molecular flexibility index (Phi) is 5.86. The van der Waals surface area contributed by atoms with Crippen molar-refractivity contribution in [3.8, 4) is 11.3 Å². The van der Waals surface area contributed by atoms with Gasteiger partial charge < -0.3 is 15.0 Å². The molecule has 1 aromatic heterocycles. The van der Waals surface area contributed by atoms with Crippen molar-refractivity contribution < 1.29 is 9.53 Å². The first-order valence-electron chi connectivity index (χ1n) is 10.3. The summed E-state index contributed by atoms with van der Waals surface area (Å²) >= 11 is 0. The van der Waals surface area contributed by atoms with Crippen LogP contribution in [-0.2, 0) is 11.2 Å². The molecule has 0 saturated carbocycles. The van der Waals surface area contributed by atoms with Crippen molar-refractivity contribution >= 4 is 11.9 Å². The van der Waals surface area contributed by atoms with E-state index in [1.807, 2.05) is 24.3 Å². The molecule has 2 fully saturated rings. The number of amides is 1. The third kappa shape index (κ3) is 4.33. The van der Waals surface area contributed by atoms with Crippen molar-refractivity contribution in [2.75, 3.05) is 31.2 Å². The molecule has 0 radical (unpaired) electrons. The van der Waals surface area contributed by atoms with E-state index in [0.29, 0.717) is 12.2 Å². The number of nitrogens with zero attached hydrogens (tertiary/aromatic N) is 3. The molecule has 6 nitrogen and oxygen atoms in total. The monoisotopic (exact) mass is 380 g/mol. The van der Waals surface area contributed by atoms with Crippen molar-refractivity contribution in [2.45, 2.75) is 45.1 Å². The van der Waals surface area contributed by atoms with Crippen LogP contribution in [0.15, 0.2) is 30.3 Å². The van der Waals surface area contributed by atoms with Crippen molar-refractivity contribution in [2.24, 2.45) is 0 Å². The van der Waals surface area contributed by atoms with Crippen LogP contribution in [0.1, 0.15) is 48.7 Å². The van der Waals surface area contributed by atoms with E-state index in [1.54, 1.807) is 0 Å². The summed E-state index contributed by atoms with van der Waals surface area (Å²) in [6.45, 7) is 5.49. The fourth-order valence-electron chi connectivity index (χ4n) is 3.76. The molecular weight excluding hydrogens is 352 g/mol. The zero-order chi connectivity index (χ0) is 19.3. The highest BCUT2D eigenvalue weighted by atomic mass is 16.5. The lowest BCUT2D eigenvalue weighted by atomic mass is 10.1. The van der Waals surface area contributed by atoms with Gasteiger partial charge in [0.1, 0.15) is 0 Å². The van der Waals surface area contributed by atoms with Gasteiger partial charge >= 0.3 is 0 Å². The van der Waals surface area contributed by atoms with E-state index in [9.17, 15) is 4.79 Å². The number of aryl methyl sites for hydroxylation is 1. The molecule has 0 unspecified atom stereocenters. The van der Waals surface area contributed by atoms with Crippen LogP contribution in [0.4, 0.5) is 5.95 Å². The number of piperidine rings is 1. The van der Waals surface area contributed by atoms with Gasteiger partial charge in [-0.25, -0.2) is 9.97 Å². The van der Waals surface area contributed by atoms with Crippen molar-refractivity contribution in [3.05, 3.63) is 41.6 Å². The van der Waals surface area contributed by atoms with Crippen molar-refractivity contribution in [3.63, 3.8) is 0 Å². The van der Waals surface area contributed by atoms with Gasteiger partial charge in [-0.15, -0.1) is 0 Å². The normalized spacial score (nSPS) is 19.6. The van der Waals surface area contributed by atoms with E-state index in [1.165, 1.54) is 19.3 Å². The Bertz CT molecular complexity index is 810. The smallest absolute Gasteiger partial charge is 0.251 e. The molecule has 0 bridgehead atoms. The molecule has 2 aliphatic rings. The maximum atomic E-state index is 12.4. The molecule has 0 aliphatic carbocycles. The molecule has 1 aromatic carbocycles. The standard InChI is InChI=1S/C22H28N4O2/c1-2-18-14-20(25-22(24-18)26-11-4-3-5-12-26)16-6-8-17(9-7-16)21(27)23-19-10-13-28-15-19/h6-9,14,19H,2-5,10-13,15H2,1H3,(H,23,27)/t19-/m0/s1. The second-order valence-corrected chi connectivity index (χ2v) is 7.56. The second-order valence-electron chi connectivity index (χ2n) is 7.56. The number of carbonyl (C=O) groups excluding carboxylic acids is 1. The SMILES string of the molecule is CCc1cc(-c2ccc(C(=O)N[C@H]3CCOC3)cc2)nc(N2CCCCC2)n1. The first kappa shape index (κ1) is 18.9. The Morgan fingerprint density at radius 1 is 1.18 bits per heavy atom. The molecule has 1 atom stereocenters. The summed E-state index contributed by atoms with van der Waals surface area (Å²) in [5.41, 5.74) is 3.64. The van der Waals surface area contributed by atoms with Crippen LogP contribution < -0.4 is 10.2 Å². The summed E-state index contributed by atoms with van der Waals surface area (Å²) < 4.78 is 5.32. The lowest BCUT2D eigenvalue weighted by Crippen LogP contribution is -2.34. The average molecular weight is 380 g/mol.